The molecule has 2 fully saturated rings. The van der Waals surface area contributed by atoms with Gasteiger partial charge in [0.25, 0.3) is 0 Å². The van der Waals surface area contributed by atoms with Crippen LogP contribution in [0.15, 0.2) is 24.3 Å². The van der Waals surface area contributed by atoms with Crippen LogP contribution in [0.3, 0.4) is 0 Å². The summed E-state index contributed by atoms with van der Waals surface area (Å²) < 4.78 is 0. The molecule has 1 N–H and O–H groups in total. The lowest BCUT2D eigenvalue weighted by atomic mass is 10.2. The first-order valence-corrected chi connectivity index (χ1v) is 5.91. The van der Waals surface area contributed by atoms with Crippen LogP contribution in [0.1, 0.15) is 12.0 Å². The van der Waals surface area contributed by atoms with Crippen LogP contribution in [-0.4, -0.2) is 30.1 Å². The zero-order valence-electron chi connectivity index (χ0n) is 8.62. The summed E-state index contributed by atoms with van der Waals surface area (Å²) in [5.41, 5.74) is 1.37. The van der Waals surface area contributed by atoms with Crippen molar-refractivity contribution in [2.45, 2.75) is 25.0 Å². The minimum atomic E-state index is 0.738. The van der Waals surface area contributed by atoms with Gasteiger partial charge in [-0.25, -0.2) is 0 Å². The van der Waals surface area contributed by atoms with Gasteiger partial charge in [0.05, 0.1) is 0 Å². The van der Waals surface area contributed by atoms with E-state index in [0.29, 0.717) is 0 Å². The maximum absolute atomic E-state index is 5.87. The maximum atomic E-state index is 5.87. The van der Waals surface area contributed by atoms with Gasteiger partial charge in [-0.15, -0.1) is 0 Å². The average molecular weight is 223 g/mol. The number of hydrogen-bond acceptors (Lipinski definition) is 2. The largest absolute Gasteiger partial charge is 0.311 e. The second-order valence-electron chi connectivity index (χ2n) is 4.55. The summed E-state index contributed by atoms with van der Waals surface area (Å²) in [5.74, 6) is 0. The quantitative estimate of drug-likeness (QED) is 0.822. The second kappa shape index (κ2) is 3.78. The van der Waals surface area contributed by atoms with Crippen LogP contribution in [-0.2, 0) is 6.54 Å². The first kappa shape index (κ1) is 9.64. The van der Waals surface area contributed by atoms with E-state index in [1.54, 1.807) is 0 Å². The van der Waals surface area contributed by atoms with Gasteiger partial charge in [-0.3, -0.25) is 4.90 Å². The summed E-state index contributed by atoms with van der Waals surface area (Å²) in [4.78, 5) is 2.57. The van der Waals surface area contributed by atoms with Gasteiger partial charge in [0, 0.05) is 36.7 Å². The molecule has 2 bridgehead atoms. The smallest absolute Gasteiger partial charge is 0.0406 e. The Bertz CT molecular complexity index is 349. The molecule has 0 unspecified atom stereocenters. The Labute approximate surface area is 95.2 Å². The van der Waals surface area contributed by atoms with Crippen molar-refractivity contribution in [3.05, 3.63) is 34.9 Å². The molecule has 3 rings (SSSR count). The van der Waals surface area contributed by atoms with E-state index in [0.717, 1.165) is 30.2 Å². The van der Waals surface area contributed by atoms with E-state index in [4.69, 9.17) is 11.6 Å². The molecule has 2 saturated heterocycles. The Morgan fingerprint density at radius 1 is 1.33 bits per heavy atom. The molecule has 1 aromatic rings. The lowest BCUT2D eigenvalue weighted by molar-refractivity contribution is 0.218. The Balaban J connectivity index is 1.68. The number of rotatable bonds is 2. The molecule has 2 nitrogen and oxygen atoms in total. The van der Waals surface area contributed by atoms with Crippen molar-refractivity contribution < 1.29 is 0 Å². The van der Waals surface area contributed by atoms with Crippen LogP contribution in [0, 0.1) is 0 Å². The van der Waals surface area contributed by atoms with Gasteiger partial charge < -0.3 is 5.32 Å². The van der Waals surface area contributed by atoms with Crippen LogP contribution in [0.5, 0.6) is 0 Å². The van der Waals surface area contributed by atoms with Gasteiger partial charge >= 0.3 is 0 Å². The molecule has 0 aromatic heterocycles. The molecule has 3 heteroatoms. The monoisotopic (exact) mass is 222 g/mol. The van der Waals surface area contributed by atoms with Crippen molar-refractivity contribution in [3.63, 3.8) is 0 Å². The number of halogens is 1. The molecular formula is C12H15ClN2. The van der Waals surface area contributed by atoms with Crippen molar-refractivity contribution in [1.29, 1.82) is 0 Å². The summed E-state index contributed by atoms with van der Waals surface area (Å²) in [6.07, 6.45) is 1.33. The molecule has 2 aliphatic heterocycles. The Morgan fingerprint density at radius 2 is 2.13 bits per heavy atom. The third kappa shape index (κ3) is 1.89. The minimum Gasteiger partial charge on any atom is -0.311 e. The minimum absolute atomic E-state index is 0.738. The zero-order chi connectivity index (χ0) is 10.3. The Hall–Kier alpha value is -0.570. The Morgan fingerprint density at radius 3 is 2.73 bits per heavy atom. The topological polar surface area (TPSA) is 15.3 Å². The molecule has 1 aromatic carbocycles. The number of nitrogens with one attached hydrogen (secondary N) is 1. The van der Waals surface area contributed by atoms with E-state index in [2.05, 4.69) is 22.3 Å². The number of nitrogens with zero attached hydrogens (tertiary/aromatic N) is 1. The number of piperazine rings is 1. The molecule has 2 atom stereocenters. The molecular weight excluding hydrogens is 208 g/mol. The number of benzene rings is 1. The van der Waals surface area contributed by atoms with Gasteiger partial charge in [0.2, 0.25) is 0 Å². The highest BCUT2D eigenvalue weighted by Gasteiger charge is 2.36. The van der Waals surface area contributed by atoms with Crippen LogP contribution in [0.2, 0.25) is 5.02 Å². The molecule has 15 heavy (non-hydrogen) atoms. The maximum Gasteiger partial charge on any atom is 0.0406 e. The lowest BCUT2D eigenvalue weighted by Gasteiger charge is -2.27. The third-order valence-electron chi connectivity index (χ3n) is 3.47. The summed E-state index contributed by atoms with van der Waals surface area (Å²) in [6.45, 7) is 3.44. The van der Waals surface area contributed by atoms with Crippen LogP contribution < -0.4 is 5.32 Å². The molecule has 0 radical (unpaired) electrons. The van der Waals surface area contributed by atoms with Crippen LogP contribution in [0.25, 0.3) is 0 Å². The molecule has 80 valence electrons. The van der Waals surface area contributed by atoms with E-state index in [1.165, 1.54) is 18.5 Å². The summed E-state index contributed by atoms with van der Waals surface area (Å²) in [6, 6.07) is 9.70. The first-order valence-electron chi connectivity index (χ1n) is 5.53. The lowest BCUT2D eigenvalue weighted by Crippen LogP contribution is -2.42. The highest BCUT2D eigenvalue weighted by atomic mass is 35.5. The van der Waals surface area contributed by atoms with Crippen molar-refractivity contribution in [2.75, 3.05) is 13.1 Å². The fourth-order valence-corrected chi connectivity index (χ4v) is 2.79. The molecule has 0 amide bonds. The van der Waals surface area contributed by atoms with Crippen molar-refractivity contribution >= 4 is 11.6 Å². The van der Waals surface area contributed by atoms with Crippen molar-refractivity contribution in [3.8, 4) is 0 Å². The SMILES string of the molecule is Clc1ccc(CN2C[C@@H]3C[C@@H]2CN3)cc1. The fraction of sp³-hybridized carbons (Fsp3) is 0.500. The zero-order valence-corrected chi connectivity index (χ0v) is 9.37. The van der Waals surface area contributed by atoms with Crippen LogP contribution >= 0.6 is 11.6 Å². The van der Waals surface area contributed by atoms with Crippen LogP contribution in [0.4, 0.5) is 0 Å². The Kier molecular flexibility index (Phi) is 2.43. The summed E-state index contributed by atoms with van der Waals surface area (Å²) >= 11 is 5.87. The van der Waals surface area contributed by atoms with Gasteiger partial charge in [-0.1, -0.05) is 23.7 Å². The standard InChI is InChI=1S/C12H15ClN2/c13-10-3-1-9(2-4-10)7-15-8-11-5-12(15)6-14-11/h1-4,11-12,14H,5-8H2/t11-,12+/m0/s1. The normalized spacial score (nSPS) is 29.9. The number of fused-ring (bicyclic) bond motifs is 2. The van der Waals surface area contributed by atoms with E-state index in [1.807, 2.05) is 12.1 Å². The number of likely N-dealkylation sites (tertiary alicyclic amines) is 1. The molecule has 0 aliphatic carbocycles. The number of hydrogen-bond donors (Lipinski definition) is 1. The predicted octanol–water partition coefficient (Wildman–Crippen LogP) is 1.89. The first-order chi connectivity index (χ1) is 7.31. The summed E-state index contributed by atoms with van der Waals surface area (Å²) in [7, 11) is 0. The average Bonchev–Trinajstić information content (AvgIpc) is 2.83. The van der Waals surface area contributed by atoms with Gasteiger partial charge in [-0.05, 0) is 24.1 Å². The van der Waals surface area contributed by atoms with E-state index in [-0.39, 0.29) is 0 Å². The summed E-state index contributed by atoms with van der Waals surface area (Å²) in [5, 5.41) is 4.34. The molecule has 2 aliphatic rings. The molecule has 0 saturated carbocycles. The van der Waals surface area contributed by atoms with Gasteiger partial charge in [-0.2, -0.15) is 0 Å². The highest BCUT2D eigenvalue weighted by Crippen LogP contribution is 2.25. The van der Waals surface area contributed by atoms with E-state index in [9.17, 15) is 0 Å². The van der Waals surface area contributed by atoms with Crippen molar-refractivity contribution in [1.82, 2.24) is 10.2 Å². The predicted molar refractivity (Wildman–Crippen MR) is 62.1 cm³/mol. The fourth-order valence-electron chi connectivity index (χ4n) is 2.67. The van der Waals surface area contributed by atoms with Gasteiger partial charge in [0.15, 0.2) is 0 Å². The molecule has 2 heterocycles. The van der Waals surface area contributed by atoms with E-state index < -0.39 is 0 Å². The van der Waals surface area contributed by atoms with Crippen molar-refractivity contribution in [2.24, 2.45) is 0 Å². The highest BCUT2D eigenvalue weighted by molar-refractivity contribution is 6.30. The van der Waals surface area contributed by atoms with E-state index >= 15 is 0 Å². The second-order valence-corrected chi connectivity index (χ2v) is 4.99. The third-order valence-corrected chi connectivity index (χ3v) is 3.72. The van der Waals surface area contributed by atoms with Gasteiger partial charge in [0.1, 0.15) is 0 Å². The molecule has 0 spiro atoms.